The van der Waals surface area contributed by atoms with E-state index in [4.69, 9.17) is 9.47 Å². The molecule has 0 radical (unpaired) electrons. The molecule has 3 amide bonds. The molecule has 0 unspecified atom stereocenters. The molecule has 168 valence electrons. The number of thioether (sulfide) groups is 2. The zero-order chi connectivity index (χ0) is 23.3. The lowest BCUT2D eigenvalue weighted by molar-refractivity contribution is -0.127. The van der Waals surface area contributed by atoms with Crippen LogP contribution in [0.15, 0.2) is 50.7 Å². The molecule has 3 rings (SSSR count). The smallest absolute Gasteiger partial charge is 0.294 e. The highest BCUT2D eigenvalue weighted by Crippen LogP contribution is 2.38. The van der Waals surface area contributed by atoms with Gasteiger partial charge in [0.2, 0.25) is 5.91 Å². The van der Waals surface area contributed by atoms with Gasteiger partial charge < -0.3 is 14.8 Å². The number of carbonyl (C=O) groups is 3. The summed E-state index contributed by atoms with van der Waals surface area (Å²) < 4.78 is 11.6. The first-order valence-corrected chi connectivity index (χ1v) is 12.4. The zero-order valence-electron chi connectivity index (χ0n) is 17.6. The van der Waals surface area contributed by atoms with E-state index in [0.717, 1.165) is 21.6 Å². The standard InChI is InChI=1S/C22H21BrN2O5S2/c1-4-30-18-11-16(23)13(8-17(18)29-2)9-19-21(27)25(22(28)32-19)12-20(26)24-14-6-5-7-15(10-14)31-3/h5-11H,4,12H2,1-3H3,(H,24,26)/b19-9-. The number of benzene rings is 2. The minimum atomic E-state index is -0.521. The Kier molecular flexibility index (Phi) is 8.27. The second-order valence-corrected chi connectivity index (χ2v) is 9.23. The summed E-state index contributed by atoms with van der Waals surface area (Å²) in [5, 5.41) is 2.23. The predicted octanol–water partition coefficient (Wildman–Crippen LogP) is 5.25. The molecule has 1 saturated heterocycles. The minimum Gasteiger partial charge on any atom is -0.493 e. The van der Waals surface area contributed by atoms with Gasteiger partial charge in [-0.1, -0.05) is 22.0 Å². The summed E-state index contributed by atoms with van der Waals surface area (Å²) in [5.74, 6) is 0.102. The van der Waals surface area contributed by atoms with Gasteiger partial charge in [0.05, 0.1) is 18.6 Å². The number of carbonyl (C=O) groups excluding carboxylic acids is 3. The van der Waals surface area contributed by atoms with Gasteiger partial charge in [0.15, 0.2) is 11.5 Å². The molecule has 0 spiro atoms. The Morgan fingerprint density at radius 1 is 1.25 bits per heavy atom. The first-order chi connectivity index (χ1) is 15.4. The van der Waals surface area contributed by atoms with Gasteiger partial charge in [0.1, 0.15) is 6.54 Å². The third-order valence-electron chi connectivity index (χ3n) is 4.40. The maximum Gasteiger partial charge on any atom is 0.294 e. The zero-order valence-corrected chi connectivity index (χ0v) is 20.9. The molecule has 1 aliphatic heterocycles. The molecule has 1 heterocycles. The Morgan fingerprint density at radius 3 is 2.72 bits per heavy atom. The first kappa shape index (κ1) is 24.2. The second kappa shape index (κ2) is 10.9. The molecule has 0 saturated carbocycles. The molecule has 1 fully saturated rings. The van der Waals surface area contributed by atoms with Crippen molar-refractivity contribution >= 4 is 68.3 Å². The maximum absolute atomic E-state index is 12.8. The number of hydrogen-bond donors (Lipinski definition) is 1. The molecule has 1 aliphatic rings. The first-order valence-electron chi connectivity index (χ1n) is 9.55. The van der Waals surface area contributed by atoms with Crippen molar-refractivity contribution in [2.24, 2.45) is 0 Å². The molecule has 0 aliphatic carbocycles. The van der Waals surface area contributed by atoms with E-state index < -0.39 is 17.1 Å². The van der Waals surface area contributed by atoms with Crippen LogP contribution in [-0.2, 0) is 9.59 Å². The van der Waals surface area contributed by atoms with Gasteiger partial charge in [0.25, 0.3) is 11.1 Å². The van der Waals surface area contributed by atoms with Crippen LogP contribution in [0.4, 0.5) is 10.5 Å². The van der Waals surface area contributed by atoms with E-state index in [-0.39, 0.29) is 11.4 Å². The normalized spacial score (nSPS) is 14.8. The van der Waals surface area contributed by atoms with E-state index >= 15 is 0 Å². The molecule has 0 bridgehead atoms. The third kappa shape index (κ3) is 5.67. The lowest BCUT2D eigenvalue weighted by Gasteiger charge is -2.13. The van der Waals surface area contributed by atoms with E-state index in [0.29, 0.717) is 33.8 Å². The lowest BCUT2D eigenvalue weighted by Crippen LogP contribution is -2.36. The summed E-state index contributed by atoms with van der Waals surface area (Å²) in [7, 11) is 1.52. The number of imide groups is 1. The summed E-state index contributed by atoms with van der Waals surface area (Å²) >= 11 is 5.80. The van der Waals surface area contributed by atoms with Crippen LogP contribution >= 0.6 is 39.5 Å². The van der Waals surface area contributed by atoms with Crippen molar-refractivity contribution in [2.75, 3.05) is 31.8 Å². The van der Waals surface area contributed by atoms with Crippen LogP contribution in [0.5, 0.6) is 11.5 Å². The highest BCUT2D eigenvalue weighted by Gasteiger charge is 2.36. The van der Waals surface area contributed by atoms with E-state index in [1.54, 1.807) is 36.0 Å². The minimum absolute atomic E-state index is 0.221. The second-order valence-electron chi connectivity index (χ2n) is 6.51. The fraction of sp³-hybridized carbons (Fsp3) is 0.227. The molecule has 1 N–H and O–H groups in total. The summed E-state index contributed by atoms with van der Waals surface area (Å²) in [6.45, 7) is 1.98. The lowest BCUT2D eigenvalue weighted by atomic mass is 10.2. The average molecular weight is 537 g/mol. The van der Waals surface area contributed by atoms with E-state index in [2.05, 4.69) is 21.2 Å². The number of hydrogen-bond acceptors (Lipinski definition) is 7. The average Bonchev–Trinajstić information content (AvgIpc) is 3.03. The van der Waals surface area contributed by atoms with Crippen LogP contribution in [0.25, 0.3) is 6.08 Å². The van der Waals surface area contributed by atoms with Crippen molar-refractivity contribution in [2.45, 2.75) is 11.8 Å². The Morgan fingerprint density at radius 2 is 2.03 bits per heavy atom. The van der Waals surface area contributed by atoms with Crippen LogP contribution in [-0.4, -0.2) is 48.5 Å². The fourth-order valence-corrected chi connectivity index (χ4v) is 4.64. The van der Waals surface area contributed by atoms with Crippen LogP contribution in [0.3, 0.4) is 0 Å². The number of halogens is 1. The molecule has 7 nitrogen and oxygen atoms in total. The summed E-state index contributed by atoms with van der Waals surface area (Å²) in [6, 6.07) is 10.8. The van der Waals surface area contributed by atoms with Crippen molar-refractivity contribution in [3.8, 4) is 11.5 Å². The third-order valence-corrected chi connectivity index (χ3v) is 6.72. The van der Waals surface area contributed by atoms with E-state index in [9.17, 15) is 14.4 Å². The van der Waals surface area contributed by atoms with Gasteiger partial charge in [0, 0.05) is 15.1 Å². The van der Waals surface area contributed by atoms with Crippen molar-refractivity contribution in [3.05, 3.63) is 51.3 Å². The predicted molar refractivity (Wildman–Crippen MR) is 131 cm³/mol. The van der Waals surface area contributed by atoms with Gasteiger partial charge in [-0.3, -0.25) is 19.3 Å². The van der Waals surface area contributed by atoms with Crippen LogP contribution < -0.4 is 14.8 Å². The van der Waals surface area contributed by atoms with Crippen LogP contribution in [0, 0.1) is 0 Å². The SMILES string of the molecule is CCOc1cc(Br)c(/C=C2\SC(=O)N(CC(=O)Nc3cccc(SC)c3)C2=O)cc1OC. The van der Waals surface area contributed by atoms with E-state index in [1.165, 1.54) is 7.11 Å². The molecule has 2 aromatic carbocycles. The maximum atomic E-state index is 12.8. The number of amides is 3. The number of rotatable bonds is 8. The number of nitrogens with one attached hydrogen (secondary N) is 1. The highest BCUT2D eigenvalue weighted by atomic mass is 79.9. The van der Waals surface area contributed by atoms with Gasteiger partial charge in [-0.15, -0.1) is 11.8 Å². The number of ether oxygens (including phenoxy) is 2. The Labute approximate surface area is 203 Å². The van der Waals surface area contributed by atoms with Gasteiger partial charge in [-0.05, 0) is 66.9 Å². The molecular weight excluding hydrogens is 516 g/mol. The largest absolute Gasteiger partial charge is 0.493 e. The van der Waals surface area contributed by atoms with Crippen molar-refractivity contribution in [1.82, 2.24) is 4.90 Å². The monoisotopic (exact) mass is 536 g/mol. The number of nitrogens with zero attached hydrogens (tertiary/aromatic N) is 1. The molecule has 32 heavy (non-hydrogen) atoms. The molecule has 0 atom stereocenters. The van der Waals surface area contributed by atoms with Gasteiger partial charge >= 0.3 is 0 Å². The summed E-state index contributed by atoms with van der Waals surface area (Å²) in [6.07, 6.45) is 3.53. The van der Waals surface area contributed by atoms with Crippen molar-refractivity contribution < 1.29 is 23.9 Å². The van der Waals surface area contributed by atoms with Gasteiger partial charge in [-0.25, -0.2) is 0 Å². The Bertz CT molecular complexity index is 1090. The Balaban J connectivity index is 1.75. The topological polar surface area (TPSA) is 84.9 Å². The molecular formula is C22H21BrN2O5S2. The van der Waals surface area contributed by atoms with Crippen molar-refractivity contribution in [3.63, 3.8) is 0 Å². The number of anilines is 1. The number of methoxy groups -OCH3 is 1. The van der Waals surface area contributed by atoms with Crippen molar-refractivity contribution in [1.29, 1.82) is 0 Å². The fourth-order valence-electron chi connectivity index (χ4n) is 2.91. The molecule has 10 heteroatoms. The van der Waals surface area contributed by atoms with Crippen LogP contribution in [0.2, 0.25) is 0 Å². The van der Waals surface area contributed by atoms with Gasteiger partial charge in [-0.2, -0.15) is 0 Å². The Hall–Kier alpha value is -2.43. The molecule has 0 aromatic heterocycles. The quantitative estimate of drug-likeness (QED) is 0.364. The molecule has 2 aromatic rings. The van der Waals surface area contributed by atoms with Crippen LogP contribution in [0.1, 0.15) is 12.5 Å². The highest BCUT2D eigenvalue weighted by molar-refractivity contribution is 9.10. The summed E-state index contributed by atoms with van der Waals surface area (Å²) in [5.41, 5.74) is 1.25. The summed E-state index contributed by atoms with van der Waals surface area (Å²) in [4.78, 5) is 39.8. The van der Waals surface area contributed by atoms with E-state index in [1.807, 2.05) is 31.4 Å².